The Morgan fingerprint density at radius 2 is 2.10 bits per heavy atom. The number of ether oxygens (including phenoxy) is 1. The molecular formula is C16H13N3O2. The van der Waals surface area contributed by atoms with E-state index in [0.29, 0.717) is 5.56 Å². The topological polar surface area (TPSA) is 57.0 Å². The van der Waals surface area contributed by atoms with Gasteiger partial charge in [-0.05, 0) is 35.9 Å². The van der Waals surface area contributed by atoms with Crippen LogP contribution in [0.1, 0.15) is 15.9 Å². The van der Waals surface area contributed by atoms with Crippen LogP contribution in [-0.4, -0.2) is 20.7 Å². The van der Waals surface area contributed by atoms with Gasteiger partial charge in [0.05, 0.1) is 11.3 Å². The molecule has 0 saturated carbocycles. The van der Waals surface area contributed by atoms with E-state index in [-0.39, 0.29) is 12.6 Å². The minimum absolute atomic E-state index is 0.211. The maximum absolute atomic E-state index is 11.9. The van der Waals surface area contributed by atoms with Crippen molar-refractivity contribution in [3.63, 3.8) is 0 Å². The van der Waals surface area contributed by atoms with Gasteiger partial charge in [-0.25, -0.2) is 9.48 Å². The maximum atomic E-state index is 11.9. The summed E-state index contributed by atoms with van der Waals surface area (Å²) in [5.41, 5.74) is 2.27. The molecule has 0 amide bonds. The van der Waals surface area contributed by atoms with Gasteiger partial charge in [-0.1, -0.05) is 12.1 Å². The minimum atomic E-state index is -0.382. The number of benzene rings is 1. The van der Waals surface area contributed by atoms with Crippen LogP contribution in [0.25, 0.3) is 5.69 Å². The molecule has 0 unspecified atom stereocenters. The van der Waals surface area contributed by atoms with Crippen molar-refractivity contribution in [2.75, 3.05) is 0 Å². The Bertz CT molecular complexity index is 724. The average molecular weight is 279 g/mol. The standard InChI is InChI=1S/C16H13N3O2/c20-16(14-5-2-7-17-11-14)21-12-13-4-1-6-15(10-13)19-9-3-8-18-19/h1-11H,12H2. The van der Waals surface area contributed by atoms with Gasteiger partial charge in [0.2, 0.25) is 0 Å². The molecule has 0 aliphatic heterocycles. The molecule has 0 radical (unpaired) electrons. The first kappa shape index (κ1) is 13.1. The van der Waals surface area contributed by atoms with Crippen LogP contribution in [0.5, 0.6) is 0 Å². The summed E-state index contributed by atoms with van der Waals surface area (Å²) >= 11 is 0. The average Bonchev–Trinajstić information content (AvgIpc) is 3.08. The van der Waals surface area contributed by atoms with Crippen LogP contribution in [0.2, 0.25) is 0 Å². The number of aromatic nitrogens is 3. The molecule has 1 aromatic carbocycles. The van der Waals surface area contributed by atoms with Gasteiger partial charge in [0, 0.05) is 24.8 Å². The van der Waals surface area contributed by atoms with Crippen LogP contribution in [0.3, 0.4) is 0 Å². The quantitative estimate of drug-likeness (QED) is 0.689. The number of hydrogen-bond acceptors (Lipinski definition) is 4. The van der Waals surface area contributed by atoms with Crippen molar-refractivity contribution in [2.45, 2.75) is 6.61 Å². The summed E-state index contributed by atoms with van der Waals surface area (Å²) in [6, 6.07) is 12.9. The van der Waals surface area contributed by atoms with Crippen molar-refractivity contribution in [2.24, 2.45) is 0 Å². The molecule has 3 aromatic rings. The summed E-state index contributed by atoms with van der Waals surface area (Å²) in [6.07, 6.45) is 6.68. The zero-order chi connectivity index (χ0) is 14.5. The van der Waals surface area contributed by atoms with Crippen LogP contribution in [-0.2, 0) is 11.3 Å². The van der Waals surface area contributed by atoms with Crippen LogP contribution in [0.4, 0.5) is 0 Å². The van der Waals surface area contributed by atoms with Crippen molar-refractivity contribution in [3.8, 4) is 5.69 Å². The predicted molar refractivity (Wildman–Crippen MR) is 76.9 cm³/mol. The second-order valence-electron chi connectivity index (χ2n) is 4.44. The van der Waals surface area contributed by atoms with Gasteiger partial charge in [0.25, 0.3) is 0 Å². The van der Waals surface area contributed by atoms with Crippen LogP contribution >= 0.6 is 0 Å². The summed E-state index contributed by atoms with van der Waals surface area (Å²) in [4.78, 5) is 15.7. The molecule has 3 rings (SSSR count). The largest absolute Gasteiger partial charge is 0.457 e. The molecular weight excluding hydrogens is 266 g/mol. The molecule has 5 nitrogen and oxygen atoms in total. The van der Waals surface area contributed by atoms with E-state index in [1.807, 2.05) is 36.5 Å². The molecule has 0 aliphatic carbocycles. The predicted octanol–water partition coefficient (Wildman–Crippen LogP) is 2.62. The third-order valence-electron chi connectivity index (χ3n) is 2.95. The number of pyridine rings is 1. The van der Waals surface area contributed by atoms with Gasteiger partial charge in [0.1, 0.15) is 6.61 Å². The molecule has 104 valence electrons. The van der Waals surface area contributed by atoms with Gasteiger partial charge >= 0.3 is 5.97 Å². The summed E-state index contributed by atoms with van der Waals surface area (Å²) in [6.45, 7) is 0.211. The highest BCUT2D eigenvalue weighted by Crippen LogP contribution is 2.11. The SMILES string of the molecule is O=C(OCc1cccc(-n2cccn2)c1)c1cccnc1. The zero-order valence-corrected chi connectivity index (χ0v) is 11.2. The molecule has 0 aliphatic rings. The lowest BCUT2D eigenvalue weighted by Gasteiger charge is -2.07. The van der Waals surface area contributed by atoms with Gasteiger partial charge in [-0.2, -0.15) is 5.10 Å². The van der Waals surface area contributed by atoms with E-state index in [2.05, 4.69) is 10.1 Å². The van der Waals surface area contributed by atoms with Crippen LogP contribution in [0, 0.1) is 0 Å². The van der Waals surface area contributed by atoms with Crippen molar-refractivity contribution < 1.29 is 9.53 Å². The smallest absolute Gasteiger partial charge is 0.340 e. The third kappa shape index (κ3) is 3.14. The molecule has 0 atom stereocenters. The molecule has 5 heteroatoms. The van der Waals surface area contributed by atoms with Crippen molar-refractivity contribution in [3.05, 3.63) is 78.4 Å². The molecule has 0 bridgehead atoms. The summed E-state index contributed by atoms with van der Waals surface area (Å²) in [5.74, 6) is -0.382. The van der Waals surface area contributed by atoms with E-state index < -0.39 is 0 Å². The second-order valence-corrected chi connectivity index (χ2v) is 4.44. The number of carbonyl (C=O) groups is 1. The van der Waals surface area contributed by atoms with Gasteiger partial charge < -0.3 is 4.74 Å². The first-order valence-corrected chi connectivity index (χ1v) is 6.49. The second kappa shape index (κ2) is 6.00. The molecule has 2 aromatic heterocycles. The monoisotopic (exact) mass is 279 g/mol. The van der Waals surface area contributed by atoms with E-state index in [1.54, 1.807) is 29.2 Å². The van der Waals surface area contributed by atoms with Crippen molar-refractivity contribution >= 4 is 5.97 Å². The number of hydrogen-bond donors (Lipinski definition) is 0. The lowest BCUT2D eigenvalue weighted by molar-refractivity contribution is 0.0472. The highest BCUT2D eigenvalue weighted by atomic mass is 16.5. The molecule has 0 N–H and O–H groups in total. The summed E-state index contributed by atoms with van der Waals surface area (Å²) in [5, 5.41) is 4.17. The van der Waals surface area contributed by atoms with Gasteiger partial charge in [-0.3, -0.25) is 4.98 Å². The lowest BCUT2D eigenvalue weighted by Crippen LogP contribution is -2.06. The van der Waals surface area contributed by atoms with E-state index in [1.165, 1.54) is 6.20 Å². The van der Waals surface area contributed by atoms with E-state index in [9.17, 15) is 4.79 Å². The van der Waals surface area contributed by atoms with Crippen LogP contribution in [0.15, 0.2) is 67.3 Å². The molecule has 0 fully saturated rings. The fraction of sp³-hybridized carbons (Fsp3) is 0.0625. The van der Waals surface area contributed by atoms with E-state index >= 15 is 0 Å². The first-order chi connectivity index (χ1) is 10.3. The van der Waals surface area contributed by atoms with Gasteiger partial charge in [-0.15, -0.1) is 0 Å². The Labute approximate surface area is 121 Å². The Kier molecular flexibility index (Phi) is 3.73. The number of carbonyl (C=O) groups excluding carboxylic acids is 1. The first-order valence-electron chi connectivity index (χ1n) is 6.49. The normalized spacial score (nSPS) is 10.3. The Morgan fingerprint density at radius 3 is 2.86 bits per heavy atom. The summed E-state index contributed by atoms with van der Waals surface area (Å²) in [7, 11) is 0. The van der Waals surface area contributed by atoms with E-state index in [0.717, 1.165) is 11.3 Å². The molecule has 21 heavy (non-hydrogen) atoms. The highest BCUT2D eigenvalue weighted by molar-refractivity contribution is 5.88. The minimum Gasteiger partial charge on any atom is -0.457 e. The number of nitrogens with zero attached hydrogens (tertiary/aromatic N) is 3. The third-order valence-corrected chi connectivity index (χ3v) is 2.95. The fourth-order valence-electron chi connectivity index (χ4n) is 1.93. The molecule has 2 heterocycles. The van der Waals surface area contributed by atoms with Crippen LogP contribution < -0.4 is 0 Å². The number of esters is 1. The van der Waals surface area contributed by atoms with Crippen molar-refractivity contribution in [1.82, 2.24) is 14.8 Å². The summed E-state index contributed by atoms with van der Waals surface area (Å²) < 4.78 is 7.03. The Morgan fingerprint density at radius 1 is 1.14 bits per heavy atom. The number of rotatable bonds is 4. The molecule has 0 spiro atoms. The lowest BCUT2D eigenvalue weighted by atomic mass is 10.2. The Hall–Kier alpha value is -2.95. The Balaban J connectivity index is 1.69. The fourth-order valence-corrected chi connectivity index (χ4v) is 1.93. The maximum Gasteiger partial charge on any atom is 0.340 e. The highest BCUT2D eigenvalue weighted by Gasteiger charge is 2.07. The van der Waals surface area contributed by atoms with E-state index in [4.69, 9.17) is 4.74 Å². The molecule has 0 saturated heterocycles. The van der Waals surface area contributed by atoms with Crippen molar-refractivity contribution in [1.29, 1.82) is 0 Å². The zero-order valence-electron chi connectivity index (χ0n) is 11.2. The van der Waals surface area contributed by atoms with Gasteiger partial charge in [0.15, 0.2) is 0 Å².